The smallest absolute Gasteiger partial charge is 0.339 e. The Bertz CT molecular complexity index is 868. The van der Waals surface area contributed by atoms with Gasteiger partial charge < -0.3 is 14.6 Å². The minimum absolute atomic E-state index is 0.0361. The number of carbonyl (C=O) groups excluding carboxylic acids is 2. The molecular weight excluding hydrogens is 361 g/mol. The molecule has 0 amide bonds. The van der Waals surface area contributed by atoms with Gasteiger partial charge in [0.2, 0.25) is 0 Å². The van der Waals surface area contributed by atoms with Crippen LogP contribution in [0.15, 0.2) is 24.3 Å². The van der Waals surface area contributed by atoms with E-state index >= 15 is 0 Å². The number of benzene rings is 1. The topological polar surface area (TPSA) is 65.6 Å². The minimum Gasteiger partial charge on any atom is -0.465 e. The van der Waals surface area contributed by atoms with Crippen molar-refractivity contribution < 1.29 is 18.7 Å². The molecule has 3 rings (SSSR count). The number of anilines is 1. The molecule has 0 radical (unpaired) electrons. The fraction of sp³-hybridized carbons (Fsp3) is 0.429. The summed E-state index contributed by atoms with van der Waals surface area (Å²) in [6, 6.07) is 6.17. The van der Waals surface area contributed by atoms with Crippen LogP contribution in [-0.4, -0.2) is 61.0 Å². The maximum atomic E-state index is 13.1. The van der Waals surface area contributed by atoms with E-state index in [2.05, 4.69) is 14.8 Å². The summed E-state index contributed by atoms with van der Waals surface area (Å²) < 4.78 is 17.9. The van der Waals surface area contributed by atoms with E-state index < -0.39 is 5.97 Å². The van der Waals surface area contributed by atoms with E-state index in [9.17, 15) is 14.0 Å². The second-order valence-electron chi connectivity index (χ2n) is 7.16. The molecule has 0 spiro atoms. The van der Waals surface area contributed by atoms with Crippen molar-refractivity contribution in [1.82, 2.24) is 9.88 Å². The Morgan fingerprint density at radius 3 is 2.29 bits per heavy atom. The molecule has 0 saturated carbocycles. The van der Waals surface area contributed by atoms with E-state index in [-0.39, 0.29) is 17.6 Å². The van der Waals surface area contributed by atoms with Gasteiger partial charge in [-0.25, -0.2) is 9.18 Å². The van der Waals surface area contributed by atoms with Gasteiger partial charge in [0.05, 0.1) is 24.4 Å². The molecule has 0 aliphatic carbocycles. The van der Waals surface area contributed by atoms with Crippen molar-refractivity contribution in [3.8, 4) is 0 Å². The largest absolute Gasteiger partial charge is 0.465 e. The third kappa shape index (κ3) is 3.80. The predicted octanol–water partition coefficient (Wildman–Crippen LogP) is 2.95. The lowest BCUT2D eigenvalue weighted by Gasteiger charge is -2.38. The molecule has 1 N–H and O–H groups in total. The third-order valence-electron chi connectivity index (χ3n) is 5.51. The zero-order chi connectivity index (χ0) is 20.4. The van der Waals surface area contributed by atoms with Crippen LogP contribution < -0.4 is 4.90 Å². The Morgan fingerprint density at radius 2 is 1.71 bits per heavy atom. The molecule has 0 unspecified atom stereocenters. The quantitative estimate of drug-likeness (QED) is 0.631. The lowest BCUT2D eigenvalue weighted by atomic mass is 10.0. The summed E-state index contributed by atoms with van der Waals surface area (Å²) in [5.41, 5.74) is 3.15. The lowest BCUT2D eigenvalue weighted by molar-refractivity contribution is 0.0599. The Labute approximate surface area is 164 Å². The summed E-state index contributed by atoms with van der Waals surface area (Å²) in [7, 11) is 1.33. The highest BCUT2D eigenvalue weighted by Gasteiger charge is 2.30. The van der Waals surface area contributed by atoms with Crippen LogP contribution in [0.5, 0.6) is 0 Å². The van der Waals surface area contributed by atoms with Crippen molar-refractivity contribution in [3.05, 3.63) is 52.6 Å². The van der Waals surface area contributed by atoms with Crippen LogP contribution in [0.4, 0.5) is 10.1 Å². The number of nitrogens with one attached hydrogen (secondary N) is 1. The number of piperazine rings is 1. The molecular formula is C21H26FN3O3. The fourth-order valence-electron chi connectivity index (χ4n) is 3.80. The molecule has 7 heteroatoms. The van der Waals surface area contributed by atoms with Crippen LogP contribution in [0, 0.1) is 19.7 Å². The number of aryl methyl sites for hydroxylation is 1. The van der Waals surface area contributed by atoms with Crippen molar-refractivity contribution in [2.45, 2.75) is 26.8 Å². The summed E-state index contributed by atoms with van der Waals surface area (Å²) in [6.07, 6.45) is 0. The molecule has 6 nitrogen and oxygen atoms in total. The number of esters is 1. The number of halogens is 1. The van der Waals surface area contributed by atoms with Crippen LogP contribution in [0.2, 0.25) is 0 Å². The first-order chi connectivity index (χ1) is 13.3. The average Bonchev–Trinajstić information content (AvgIpc) is 3.01. The van der Waals surface area contributed by atoms with Crippen molar-refractivity contribution in [2.75, 3.05) is 38.2 Å². The zero-order valence-electron chi connectivity index (χ0n) is 16.7. The molecule has 1 saturated heterocycles. The molecule has 2 aromatic rings. The first-order valence-electron chi connectivity index (χ1n) is 9.39. The Balaban J connectivity index is 1.68. The third-order valence-corrected chi connectivity index (χ3v) is 5.51. The number of Topliss-reactive ketones (excluding diaryl/α,β-unsaturated/α-hetero) is 1. The van der Waals surface area contributed by atoms with Crippen molar-refractivity contribution in [3.63, 3.8) is 0 Å². The Kier molecular flexibility index (Phi) is 5.84. The molecule has 0 bridgehead atoms. The van der Waals surface area contributed by atoms with Crippen LogP contribution in [0.3, 0.4) is 0 Å². The Morgan fingerprint density at radius 1 is 1.11 bits per heavy atom. The van der Waals surface area contributed by atoms with Gasteiger partial charge in [-0.05, 0) is 50.6 Å². The number of ether oxygens (including phenoxy) is 1. The maximum Gasteiger partial charge on any atom is 0.339 e. The number of aromatic amines is 1. The summed E-state index contributed by atoms with van der Waals surface area (Å²) in [5, 5.41) is 0. The Hall–Kier alpha value is -2.67. The van der Waals surface area contributed by atoms with E-state index in [4.69, 9.17) is 4.74 Å². The first-order valence-corrected chi connectivity index (χ1v) is 9.39. The number of aromatic nitrogens is 1. The molecule has 1 aliphatic rings. The van der Waals surface area contributed by atoms with Crippen LogP contribution in [0.25, 0.3) is 0 Å². The highest BCUT2D eigenvalue weighted by molar-refractivity contribution is 6.03. The minimum atomic E-state index is -0.439. The van der Waals surface area contributed by atoms with Gasteiger partial charge >= 0.3 is 5.97 Å². The average molecular weight is 387 g/mol. The number of ketones is 1. The lowest BCUT2D eigenvalue weighted by Crippen LogP contribution is -2.51. The van der Waals surface area contributed by atoms with E-state index in [0.29, 0.717) is 22.5 Å². The van der Waals surface area contributed by atoms with Gasteiger partial charge in [-0.15, -0.1) is 0 Å². The number of methoxy groups -OCH3 is 1. The van der Waals surface area contributed by atoms with E-state index in [1.54, 1.807) is 26.0 Å². The predicted molar refractivity (Wildman–Crippen MR) is 106 cm³/mol. The second-order valence-corrected chi connectivity index (χ2v) is 7.16. The number of carbonyl (C=O) groups is 2. The summed E-state index contributed by atoms with van der Waals surface area (Å²) in [6.45, 7) is 8.41. The van der Waals surface area contributed by atoms with Gasteiger partial charge in [-0.1, -0.05) is 0 Å². The maximum absolute atomic E-state index is 13.1. The zero-order valence-corrected chi connectivity index (χ0v) is 16.7. The number of H-pyrrole nitrogens is 1. The summed E-state index contributed by atoms with van der Waals surface area (Å²) in [5.74, 6) is -0.721. The van der Waals surface area contributed by atoms with Crippen molar-refractivity contribution >= 4 is 17.4 Å². The highest BCUT2D eigenvalue weighted by Crippen LogP contribution is 2.23. The molecule has 1 aromatic heterocycles. The van der Waals surface area contributed by atoms with Gasteiger partial charge in [0, 0.05) is 37.6 Å². The highest BCUT2D eigenvalue weighted by atomic mass is 19.1. The van der Waals surface area contributed by atoms with Gasteiger partial charge in [0.1, 0.15) is 5.82 Å². The first kappa shape index (κ1) is 20.1. The standard InChI is InChI=1S/C21H26FN3O3/c1-13-18(21(27)28-4)14(2)23-19(13)20(26)15(3)24-9-11-25(12-10-24)17-7-5-16(22)6-8-17/h5-8,15,23H,9-12H2,1-4H3/t15-/m1/s1. The van der Waals surface area contributed by atoms with Gasteiger partial charge in [0.15, 0.2) is 5.78 Å². The molecule has 1 aliphatic heterocycles. The summed E-state index contributed by atoms with van der Waals surface area (Å²) in [4.78, 5) is 32.4. The van der Waals surface area contributed by atoms with Crippen molar-refractivity contribution in [2.24, 2.45) is 0 Å². The molecule has 1 fully saturated rings. The monoisotopic (exact) mass is 387 g/mol. The summed E-state index contributed by atoms with van der Waals surface area (Å²) >= 11 is 0. The molecule has 1 atom stereocenters. The van der Waals surface area contributed by atoms with E-state index in [0.717, 1.165) is 31.9 Å². The molecule has 2 heterocycles. The van der Waals surface area contributed by atoms with Gasteiger partial charge in [-0.3, -0.25) is 9.69 Å². The fourth-order valence-corrected chi connectivity index (χ4v) is 3.80. The normalized spacial score (nSPS) is 16.1. The molecule has 28 heavy (non-hydrogen) atoms. The van der Waals surface area contributed by atoms with E-state index in [1.165, 1.54) is 19.2 Å². The van der Waals surface area contributed by atoms with Crippen LogP contribution in [-0.2, 0) is 4.74 Å². The van der Waals surface area contributed by atoms with Gasteiger partial charge in [0.25, 0.3) is 0 Å². The van der Waals surface area contributed by atoms with Crippen LogP contribution in [0.1, 0.15) is 39.0 Å². The molecule has 150 valence electrons. The molecule has 1 aromatic carbocycles. The van der Waals surface area contributed by atoms with Crippen LogP contribution >= 0.6 is 0 Å². The number of rotatable bonds is 5. The number of hydrogen-bond donors (Lipinski definition) is 1. The number of hydrogen-bond acceptors (Lipinski definition) is 5. The van der Waals surface area contributed by atoms with Gasteiger partial charge in [-0.2, -0.15) is 0 Å². The SMILES string of the molecule is COC(=O)c1c(C)[nH]c(C(=O)[C@@H](C)N2CCN(c3ccc(F)cc3)CC2)c1C. The number of nitrogens with zero attached hydrogens (tertiary/aromatic N) is 2. The van der Waals surface area contributed by atoms with Crippen molar-refractivity contribution in [1.29, 1.82) is 0 Å². The van der Waals surface area contributed by atoms with E-state index in [1.807, 2.05) is 6.92 Å². The second kappa shape index (κ2) is 8.14.